The van der Waals surface area contributed by atoms with E-state index >= 15 is 0 Å². The largest absolute Gasteiger partial charge is 0.460 e. The van der Waals surface area contributed by atoms with Crippen LogP contribution >= 0.6 is 23.2 Å². The van der Waals surface area contributed by atoms with Gasteiger partial charge in [0.15, 0.2) is 0 Å². The van der Waals surface area contributed by atoms with E-state index in [0.717, 1.165) is 25.7 Å². The number of benzene rings is 1. The standard InChI is InChI=1S/C17H18Cl2N4O2/c18-11-9-20-17(21-10-11)25-13-7-5-12(6-8-13)22-16(24)23-15-4-2-1-3-14(15)19/h1-4,9-10,12-13H,5-8H2,(H2,22,23,24). The fourth-order valence-electron chi connectivity index (χ4n) is 2.74. The van der Waals surface area contributed by atoms with Gasteiger partial charge < -0.3 is 15.4 Å². The number of rotatable bonds is 4. The van der Waals surface area contributed by atoms with Gasteiger partial charge in [-0.1, -0.05) is 35.3 Å². The molecule has 0 spiro atoms. The summed E-state index contributed by atoms with van der Waals surface area (Å²) in [6, 6.07) is 7.32. The summed E-state index contributed by atoms with van der Waals surface area (Å²) in [6.07, 6.45) is 6.37. The highest BCUT2D eigenvalue weighted by Crippen LogP contribution is 2.23. The number of halogens is 2. The number of nitrogens with one attached hydrogen (secondary N) is 2. The van der Waals surface area contributed by atoms with Crippen LogP contribution in [0.5, 0.6) is 6.01 Å². The topological polar surface area (TPSA) is 76.1 Å². The van der Waals surface area contributed by atoms with Gasteiger partial charge in [-0.3, -0.25) is 0 Å². The SMILES string of the molecule is O=C(Nc1ccccc1Cl)NC1CCC(Oc2ncc(Cl)cn2)CC1. The van der Waals surface area contributed by atoms with Crippen molar-refractivity contribution in [3.05, 3.63) is 46.7 Å². The van der Waals surface area contributed by atoms with Gasteiger partial charge in [-0.05, 0) is 37.8 Å². The summed E-state index contributed by atoms with van der Waals surface area (Å²) in [5.74, 6) is 0. The number of para-hydroxylation sites is 1. The Morgan fingerprint density at radius 2 is 1.76 bits per heavy atom. The zero-order valence-corrected chi connectivity index (χ0v) is 14.9. The van der Waals surface area contributed by atoms with E-state index in [1.54, 1.807) is 12.1 Å². The lowest BCUT2D eigenvalue weighted by Crippen LogP contribution is -2.41. The smallest absolute Gasteiger partial charge is 0.319 e. The van der Waals surface area contributed by atoms with Crippen molar-refractivity contribution in [2.75, 3.05) is 5.32 Å². The van der Waals surface area contributed by atoms with Crippen LogP contribution in [0.2, 0.25) is 10.0 Å². The fourth-order valence-corrected chi connectivity index (χ4v) is 3.02. The number of carbonyl (C=O) groups excluding carboxylic acids is 1. The quantitative estimate of drug-likeness (QED) is 0.828. The summed E-state index contributed by atoms with van der Waals surface area (Å²) in [6.45, 7) is 0. The van der Waals surface area contributed by atoms with Crippen LogP contribution in [0, 0.1) is 0 Å². The molecule has 132 valence electrons. The molecule has 0 unspecified atom stereocenters. The number of urea groups is 1. The molecule has 0 radical (unpaired) electrons. The lowest BCUT2D eigenvalue weighted by molar-refractivity contribution is 0.129. The number of anilines is 1. The molecule has 2 aromatic rings. The maximum atomic E-state index is 12.1. The highest BCUT2D eigenvalue weighted by atomic mass is 35.5. The normalized spacial score (nSPS) is 19.9. The van der Waals surface area contributed by atoms with Crippen molar-refractivity contribution in [3.63, 3.8) is 0 Å². The third-order valence-electron chi connectivity index (χ3n) is 4.00. The fraction of sp³-hybridized carbons (Fsp3) is 0.353. The Morgan fingerprint density at radius 3 is 2.44 bits per heavy atom. The van der Waals surface area contributed by atoms with Crippen molar-refractivity contribution >= 4 is 34.9 Å². The number of ether oxygens (including phenoxy) is 1. The first kappa shape index (κ1) is 17.8. The highest BCUT2D eigenvalue weighted by Gasteiger charge is 2.24. The van der Waals surface area contributed by atoms with Gasteiger partial charge in [0.2, 0.25) is 0 Å². The van der Waals surface area contributed by atoms with Gasteiger partial charge in [0.1, 0.15) is 6.10 Å². The molecular weight excluding hydrogens is 363 g/mol. The molecule has 3 rings (SSSR count). The molecule has 1 aliphatic rings. The molecule has 0 aliphatic heterocycles. The Balaban J connectivity index is 1.43. The summed E-state index contributed by atoms with van der Waals surface area (Å²) in [7, 11) is 0. The molecular formula is C17H18Cl2N4O2. The van der Waals surface area contributed by atoms with E-state index in [-0.39, 0.29) is 18.2 Å². The molecule has 1 aliphatic carbocycles. The number of hydrogen-bond acceptors (Lipinski definition) is 4. The van der Waals surface area contributed by atoms with Gasteiger partial charge in [0.25, 0.3) is 0 Å². The number of carbonyl (C=O) groups is 1. The average molecular weight is 381 g/mol. The Kier molecular flexibility index (Phi) is 5.94. The molecule has 1 heterocycles. The number of amides is 2. The molecule has 1 aromatic carbocycles. The van der Waals surface area contributed by atoms with Crippen molar-refractivity contribution < 1.29 is 9.53 Å². The molecule has 1 aromatic heterocycles. The molecule has 8 heteroatoms. The monoisotopic (exact) mass is 380 g/mol. The molecule has 1 fully saturated rings. The first-order valence-electron chi connectivity index (χ1n) is 8.06. The Hall–Kier alpha value is -2.05. The van der Waals surface area contributed by atoms with Gasteiger partial charge in [0, 0.05) is 6.04 Å². The molecule has 2 amide bonds. The Morgan fingerprint density at radius 1 is 1.08 bits per heavy atom. The molecule has 0 bridgehead atoms. The Labute approximate surface area is 155 Å². The summed E-state index contributed by atoms with van der Waals surface area (Å²) in [5.41, 5.74) is 0.596. The van der Waals surface area contributed by atoms with Crippen LogP contribution in [0.15, 0.2) is 36.7 Å². The molecule has 6 nitrogen and oxygen atoms in total. The van der Waals surface area contributed by atoms with Gasteiger partial charge in [-0.2, -0.15) is 0 Å². The van der Waals surface area contributed by atoms with E-state index in [1.165, 1.54) is 12.4 Å². The second-order valence-corrected chi connectivity index (χ2v) is 6.70. The average Bonchev–Trinajstić information content (AvgIpc) is 2.61. The van der Waals surface area contributed by atoms with Crippen LogP contribution in [0.25, 0.3) is 0 Å². The van der Waals surface area contributed by atoms with Gasteiger partial charge in [-0.15, -0.1) is 0 Å². The van der Waals surface area contributed by atoms with E-state index in [2.05, 4.69) is 20.6 Å². The molecule has 2 N–H and O–H groups in total. The summed E-state index contributed by atoms with van der Waals surface area (Å²) in [4.78, 5) is 20.2. The molecule has 1 saturated carbocycles. The van der Waals surface area contributed by atoms with Gasteiger partial charge >= 0.3 is 12.0 Å². The summed E-state index contributed by atoms with van der Waals surface area (Å²) < 4.78 is 5.75. The van der Waals surface area contributed by atoms with E-state index in [4.69, 9.17) is 27.9 Å². The number of hydrogen-bond donors (Lipinski definition) is 2. The van der Waals surface area contributed by atoms with E-state index in [9.17, 15) is 4.79 Å². The third kappa shape index (κ3) is 5.21. The van der Waals surface area contributed by atoms with Gasteiger partial charge in [-0.25, -0.2) is 14.8 Å². The predicted molar refractivity (Wildman–Crippen MR) is 97.3 cm³/mol. The second-order valence-electron chi connectivity index (χ2n) is 5.85. The first-order chi connectivity index (χ1) is 12.1. The predicted octanol–water partition coefficient (Wildman–Crippen LogP) is 4.30. The molecule has 25 heavy (non-hydrogen) atoms. The van der Waals surface area contributed by atoms with E-state index in [0.29, 0.717) is 21.7 Å². The first-order valence-corrected chi connectivity index (χ1v) is 8.82. The second kappa shape index (κ2) is 8.36. The maximum absolute atomic E-state index is 12.1. The van der Waals surface area contributed by atoms with E-state index < -0.39 is 0 Å². The lowest BCUT2D eigenvalue weighted by atomic mass is 9.93. The molecule has 0 saturated heterocycles. The maximum Gasteiger partial charge on any atom is 0.319 e. The molecule has 0 atom stereocenters. The van der Waals surface area contributed by atoms with Crippen molar-refractivity contribution in [1.29, 1.82) is 0 Å². The van der Waals surface area contributed by atoms with Crippen molar-refractivity contribution in [2.24, 2.45) is 0 Å². The minimum Gasteiger partial charge on any atom is -0.460 e. The van der Waals surface area contributed by atoms with Crippen LogP contribution in [-0.4, -0.2) is 28.1 Å². The van der Waals surface area contributed by atoms with Crippen molar-refractivity contribution in [1.82, 2.24) is 15.3 Å². The van der Waals surface area contributed by atoms with E-state index in [1.807, 2.05) is 12.1 Å². The minimum absolute atomic E-state index is 0.0471. The lowest BCUT2D eigenvalue weighted by Gasteiger charge is -2.28. The third-order valence-corrected chi connectivity index (χ3v) is 4.52. The number of aromatic nitrogens is 2. The number of nitrogens with zero attached hydrogens (tertiary/aromatic N) is 2. The zero-order chi connectivity index (χ0) is 17.6. The van der Waals surface area contributed by atoms with Crippen LogP contribution < -0.4 is 15.4 Å². The summed E-state index contributed by atoms with van der Waals surface area (Å²) in [5, 5.41) is 6.73. The van der Waals surface area contributed by atoms with Crippen LogP contribution in [-0.2, 0) is 0 Å². The van der Waals surface area contributed by atoms with Crippen LogP contribution in [0.1, 0.15) is 25.7 Å². The minimum atomic E-state index is -0.251. The van der Waals surface area contributed by atoms with Crippen LogP contribution in [0.4, 0.5) is 10.5 Å². The van der Waals surface area contributed by atoms with Crippen molar-refractivity contribution in [2.45, 2.75) is 37.8 Å². The van der Waals surface area contributed by atoms with Crippen LogP contribution in [0.3, 0.4) is 0 Å². The highest BCUT2D eigenvalue weighted by molar-refractivity contribution is 6.33. The summed E-state index contributed by atoms with van der Waals surface area (Å²) >= 11 is 11.8. The Bertz CT molecular complexity index is 719. The zero-order valence-electron chi connectivity index (χ0n) is 13.4. The van der Waals surface area contributed by atoms with Crippen molar-refractivity contribution in [3.8, 4) is 6.01 Å². The van der Waals surface area contributed by atoms with Gasteiger partial charge in [0.05, 0.1) is 28.1 Å².